The van der Waals surface area contributed by atoms with Gasteiger partial charge in [0.25, 0.3) is 0 Å². The van der Waals surface area contributed by atoms with Crippen molar-refractivity contribution in [3.05, 3.63) is 89.7 Å². The van der Waals surface area contributed by atoms with Gasteiger partial charge in [-0.1, -0.05) is 36.4 Å². The summed E-state index contributed by atoms with van der Waals surface area (Å²) in [5.74, 6) is 0.816. The molecule has 0 bridgehead atoms. The van der Waals surface area contributed by atoms with Crippen LogP contribution in [0.5, 0.6) is 5.75 Å². The Labute approximate surface area is 154 Å². The summed E-state index contributed by atoms with van der Waals surface area (Å²) in [5, 5.41) is 3.02. The van der Waals surface area contributed by atoms with Crippen LogP contribution in [-0.4, -0.2) is 17.6 Å². The van der Waals surface area contributed by atoms with Crippen LogP contribution in [0.4, 0.5) is 0 Å². The van der Waals surface area contributed by atoms with E-state index in [9.17, 15) is 4.79 Å². The molecule has 4 heteroatoms. The molecule has 2 aromatic carbocycles. The number of amides is 1. The number of hydrogen-bond acceptors (Lipinski definition) is 2. The number of nitrogens with zero attached hydrogens (tertiary/aromatic N) is 1. The van der Waals surface area contributed by atoms with Crippen LogP contribution in [0.15, 0.2) is 73.1 Å². The van der Waals surface area contributed by atoms with Gasteiger partial charge in [0.05, 0.1) is 19.6 Å². The molecule has 0 aliphatic rings. The van der Waals surface area contributed by atoms with E-state index in [1.165, 1.54) is 11.1 Å². The van der Waals surface area contributed by atoms with Crippen molar-refractivity contribution >= 4 is 5.91 Å². The fraction of sp³-hybridized carbons (Fsp3) is 0.227. The quantitative estimate of drug-likeness (QED) is 0.698. The second-order valence-corrected chi connectivity index (χ2v) is 6.34. The Hall–Kier alpha value is -3.01. The van der Waals surface area contributed by atoms with Crippen molar-refractivity contribution in [2.24, 2.45) is 0 Å². The van der Waals surface area contributed by atoms with Crippen LogP contribution >= 0.6 is 0 Å². The molecule has 3 aromatic rings. The first-order chi connectivity index (χ1) is 12.7. The van der Waals surface area contributed by atoms with Gasteiger partial charge in [0.15, 0.2) is 0 Å². The number of ether oxygens (including phenoxy) is 1. The SMILES string of the molecule is COc1cccc(CNC(=O)CC(c2ccccc2C)n2cccc2)c1. The molecular formula is C22H24N2O2. The molecule has 1 atom stereocenters. The van der Waals surface area contributed by atoms with Crippen LogP contribution < -0.4 is 10.1 Å². The fourth-order valence-corrected chi connectivity index (χ4v) is 3.12. The lowest BCUT2D eigenvalue weighted by Crippen LogP contribution is -2.26. The fourth-order valence-electron chi connectivity index (χ4n) is 3.12. The predicted octanol–water partition coefficient (Wildman–Crippen LogP) is 4.10. The molecule has 4 nitrogen and oxygen atoms in total. The molecule has 0 aliphatic carbocycles. The Morgan fingerprint density at radius 2 is 1.85 bits per heavy atom. The highest BCUT2D eigenvalue weighted by molar-refractivity contribution is 5.77. The monoisotopic (exact) mass is 348 g/mol. The second kappa shape index (κ2) is 8.39. The average molecular weight is 348 g/mol. The van der Waals surface area contributed by atoms with Crippen LogP contribution in [0.2, 0.25) is 0 Å². The molecule has 26 heavy (non-hydrogen) atoms. The Balaban J connectivity index is 1.71. The van der Waals surface area contributed by atoms with Crippen LogP contribution in [0, 0.1) is 6.92 Å². The molecule has 1 N–H and O–H groups in total. The van der Waals surface area contributed by atoms with E-state index in [0.717, 1.165) is 11.3 Å². The lowest BCUT2D eigenvalue weighted by Gasteiger charge is -2.21. The third kappa shape index (κ3) is 4.33. The van der Waals surface area contributed by atoms with E-state index in [-0.39, 0.29) is 11.9 Å². The van der Waals surface area contributed by atoms with E-state index >= 15 is 0 Å². The first kappa shape index (κ1) is 17.8. The standard InChI is InChI=1S/C22H24N2O2/c1-17-8-3-4-11-20(17)21(24-12-5-6-13-24)15-22(25)23-16-18-9-7-10-19(14-18)26-2/h3-14,21H,15-16H2,1-2H3,(H,23,25). The summed E-state index contributed by atoms with van der Waals surface area (Å²) < 4.78 is 7.32. The van der Waals surface area contributed by atoms with E-state index in [0.29, 0.717) is 13.0 Å². The summed E-state index contributed by atoms with van der Waals surface area (Å²) in [6.45, 7) is 2.57. The number of aromatic nitrogens is 1. The second-order valence-electron chi connectivity index (χ2n) is 6.34. The summed E-state index contributed by atoms with van der Waals surface area (Å²) in [5.41, 5.74) is 3.37. The molecule has 0 saturated heterocycles. The van der Waals surface area contributed by atoms with Crippen LogP contribution in [0.25, 0.3) is 0 Å². The summed E-state index contributed by atoms with van der Waals surface area (Å²) in [7, 11) is 1.64. The van der Waals surface area contributed by atoms with Crippen molar-refractivity contribution in [2.75, 3.05) is 7.11 Å². The van der Waals surface area contributed by atoms with E-state index in [4.69, 9.17) is 4.74 Å². The zero-order chi connectivity index (χ0) is 18.4. The Morgan fingerprint density at radius 1 is 1.08 bits per heavy atom. The van der Waals surface area contributed by atoms with Crippen molar-refractivity contribution < 1.29 is 9.53 Å². The molecular weight excluding hydrogens is 324 g/mol. The minimum atomic E-state index is -0.0171. The lowest BCUT2D eigenvalue weighted by molar-refractivity contribution is -0.121. The highest BCUT2D eigenvalue weighted by Crippen LogP contribution is 2.25. The van der Waals surface area contributed by atoms with E-state index in [1.807, 2.05) is 60.9 Å². The van der Waals surface area contributed by atoms with E-state index in [2.05, 4.69) is 28.9 Å². The van der Waals surface area contributed by atoms with Gasteiger partial charge in [0.2, 0.25) is 5.91 Å². The highest BCUT2D eigenvalue weighted by Gasteiger charge is 2.18. The Bertz CT molecular complexity index is 856. The van der Waals surface area contributed by atoms with Crippen molar-refractivity contribution in [3.8, 4) is 5.75 Å². The van der Waals surface area contributed by atoms with Crippen molar-refractivity contribution in [1.82, 2.24) is 9.88 Å². The normalized spacial score (nSPS) is 11.8. The van der Waals surface area contributed by atoms with E-state index < -0.39 is 0 Å². The van der Waals surface area contributed by atoms with Crippen molar-refractivity contribution in [2.45, 2.75) is 25.9 Å². The molecule has 1 unspecified atom stereocenters. The molecule has 1 heterocycles. The predicted molar refractivity (Wildman–Crippen MR) is 103 cm³/mol. The van der Waals surface area contributed by atoms with Gasteiger partial charge in [-0.2, -0.15) is 0 Å². The number of carbonyl (C=O) groups excluding carboxylic acids is 1. The van der Waals surface area contributed by atoms with Crippen LogP contribution in [-0.2, 0) is 11.3 Å². The van der Waals surface area contributed by atoms with Crippen molar-refractivity contribution in [3.63, 3.8) is 0 Å². The number of aryl methyl sites for hydroxylation is 1. The smallest absolute Gasteiger partial charge is 0.222 e. The van der Waals surface area contributed by atoms with Crippen LogP contribution in [0.1, 0.15) is 29.2 Å². The molecule has 0 aliphatic heterocycles. The van der Waals surface area contributed by atoms with Gasteiger partial charge in [0.1, 0.15) is 5.75 Å². The van der Waals surface area contributed by atoms with E-state index in [1.54, 1.807) is 7.11 Å². The van der Waals surface area contributed by atoms with Gasteiger partial charge >= 0.3 is 0 Å². The summed E-state index contributed by atoms with van der Waals surface area (Å²) in [4.78, 5) is 12.6. The minimum absolute atomic E-state index is 0.0171. The zero-order valence-electron chi connectivity index (χ0n) is 15.2. The molecule has 0 saturated carbocycles. The average Bonchev–Trinajstić information content (AvgIpc) is 3.20. The highest BCUT2D eigenvalue weighted by atomic mass is 16.5. The Kier molecular flexibility index (Phi) is 5.74. The maximum atomic E-state index is 12.6. The topological polar surface area (TPSA) is 43.3 Å². The first-order valence-corrected chi connectivity index (χ1v) is 8.75. The minimum Gasteiger partial charge on any atom is -0.497 e. The number of methoxy groups -OCH3 is 1. The maximum absolute atomic E-state index is 12.6. The number of nitrogens with one attached hydrogen (secondary N) is 1. The van der Waals surface area contributed by atoms with Gasteiger partial charge in [-0.15, -0.1) is 0 Å². The number of benzene rings is 2. The lowest BCUT2D eigenvalue weighted by atomic mass is 9.98. The maximum Gasteiger partial charge on any atom is 0.222 e. The first-order valence-electron chi connectivity index (χ1n) is 8.75. The van der Waals surface area contributed by atoms with Gasteiger partial charge in [-0.05, 0) is 47.9 Å². The van der Waals surface area contributed by atoms with Gasteiger partial charge in [-0.25, -0.2) is 0 Å². The summed E-state index contributed by atoms with van der Waals surface area (Å²) in [6.07, 6.45) is 4.41. The molecule has 3 rings (SSSR count). The van der Waals surface area contributed by atoms with Gasteiger partial charge in [-0.3, -0.25) is 4.79 Å². The zero-order valence-corrected chi connectivity index (χ0v) is 15.2. The number of rotatable bonds is 7. The number of carbonyl (C=O) groups is 1. The third-order valence-corrected chi connectivity index (χ3v) is 4.54. The summed E-state index contributed by atoms with van der Waals surface area (Å²) in [6, 6.07) is 19.9. The largest absolute Gasteiger partial charge is 0.497 e. The Morgan fingerprint density at radius 3 is 2.58 bits per heavy atom. The van der Waals surface area contributed by atoms with Crippen LogP contribution in [0.3, 0.4) is 0 Å². The third-order valence-electron chi connectivity index (χ3n) is 4.54. The molecule has 134 valence electrons. The van der Waals surface area contributed by atoms with Crippen molar-refractivity contribution in [1.29, 1.82) is 0 Å². The molecule has 0 fully saturated rings. The van der Waals surface area contributed by atoms with Gasteiger partial charge < -0.3 is 14.6 Å². The molecule has 0 radical (unpaired) electrons. The molecule has 1 aromatic heterocycles. The number of hydrogen-bond donors (Lipinski definition) is 1. The molecule has 0 spiro atoms. The van der Waals surface area contributed by atoms with Gasteiger partial charge in [0, 0.05) is 18.9 Å². The summed E-state index contributed by atoms with van der Waals surface area (Å²) >= 11 is 0. The molecule has 1 amide bonds.